The SMILES string of the molecule is C#CCN(CC1CC1)C(=O)NCC(C)C(=O)O. The molecule has 0 saturated heterocycles. The lowest BCUT2D eigenvalue weighted by atomic mass is 10.2. The zero-order chi connectivity index (χ0) is 12.8. The Kier molecular flexibility index (Phi) is 4.83. The van der Waals surface area contributed by atoms with Gasteiger partial charge in [-0.05, 0) is 18.8 Å². The van der Waals surface area contributed by atoms with Crippen molar-refractivity contribution in [2.24, 2.45) is 11.8 Å². The molecule has 0 aliphatic heterocycles. The van der Waals surface area contributed by atoms with Gasteiger partial charge in [-0.25, -0.2) is 4.79 Å². The fourth-order valence-corrected chi connectivity index (χ4v) is 1.38. The second kappa shape index (κ2) is 6.14. The molecule has 1 atom stereocenters. The fraction of sp³-hybridized carbons (Fsp3) is 0.667. The van der Waals surface area contributed by atoms with Crippen LogP contribution in [0.1, 0.15) is 19.8 Å². The Morgan fingerprint density at radius 3 is 2.71 bits per heavy atom. The molecule has 1 unspecified atom stereocenters. The van der Waals surface area contributed by atoms with Gasteiger partial charge in [0.1, 0.15) is 0 Å². The minimum Gasteiger partial charge on any atom is -0.481 e. The molecule has 1 aliphatic rings. The van der Waals surface area contributed by atoms with Crippen molar-refractivity contribution in [2.75, 3.05) is 19.6 Å². The van der Waals surface area contributed by atoms with Gasteiger partial charge in [-0.3, -0.25) is 4.79 Å². The van der Waals surface area contributed by atoms with Crippen molar-refractivity contribution in [3.63, 3.8) is 0 Å². The normalized spacial score (nSPS) is 15.8. The third kappa shape index (κ3) is 4.77. The maximum absolute atomic E-state index is 11.7. The number of nitrogens with one attached hydrogen (secondary N) is 1. The minimum absolute atomic E-state index is 0.125. The maximum atomic E-state index is 11.7. The number of carbonyl (C=O) groups is 2. The Morgan fingerprint density at radius 1 is 1.59 bits per heavy atom. The summed E-state index contributed by atoms with van der Waals surface area (Å²) in [7, 11) is 0. The minimum atomic E-state index is -0.920. The number of terminal acetylenes is 1. The third-order valence-electron chi connectivity index (χ3n) is 2.73. The zero-order valence-corrected chi connectivity index (χ0v) is 9.98. The van der Waals surface area contributed by atoms with E-state index in [1.54, 1.807) is 11.8 Å². The van der Waals surface area contributed by atoms with Crippen molar-refractivity contribution in [3.05, 3.63) is 0 Å². The van der Waals surface area contributed by atoms with Gasteiger partial charge in [0.2, 0.25) is 0 Å². The molecule has 2 amide bonds. The molecule has 17 heavy (non-hydrogen) atoms. The Bertz CT molecular complexity index is 331. The highest BCUT2D eigenvalue weighted by molar-refractivity contribution is 5.76. The van der Waals surface area contributed by atoms with Gasteiger partial charge in [0, 0.05) is 13.1 Å². The van der Waals surface area contributed by atoms with Gasteiger partial charge in [0.05, 0.1) is 12.5 Å². The number of carbonyl (C=O) groups excluding carboxylic acids is 1. The van der Waals surface area contributed by atoms with Crippen molar-refractivity contribution < 1.29 is 14.7 Å². The maximum Gasteiger partial charge on any atom is 0.318 e. The Morgan fingerprint density at radius 2 is 2.24 bits per heavy atom. The van der Waals surface area contributed by atoms with Gasteiger partial charge in [-0.15, -0.1) is 6.42 Å². The van der Waals surface area contributed by atoms with Gasteiger partial charge in [0.25, 0.3) is 0 Å². The average Bonchev–Trinajstić information content (AvgIpc) is 3.08. The monoisotopic (exact) mass is 238 g/mol. The van der Waals surface area contributed by atoms with Gasteiger partial charge >= 0.3 is 12.0 Å². The number of amides is 2. The first kappa shape index (κ1) is 13.4. The predicted octanol–water partition coefficient (Wildman–Crippen LogP) is 0.762. The molecule has 0 bridgehead atoms. The topological polar surface area (TPSA) is 69.6 Å². The van der Waals surface area contributed by atoms with Crippen LogP contribution in [-0.2, 0) is 4.79 Å². The smallest absolute Gasteiger partial charge is 0.318 e. The van der Waals surface area contributed by atoms with E-state index in [9.17, 15) is 9.59 Å². The van der Waals surface area contributed by atoms with E-state index in [2.05, 4.69) is 11.2 Å². The zero-order valence-electron chi connectivity index (χ0n) is 9.98. The molecule has 0 aromatic carbocycles. The van der Waals surface area contributed by atoms with E-state index in [-0.39, 0.29) is 19.1 Å². The van der Waals surface area contributed by atoms with Crippen molar-refractivity contribution >= 4 is 12.0 Å². The van der Waals surface area contributed by atoms with Crippen LogP contribution in [0.5, 0.6) is 0 Å². The van der Waals surface area contributed by atoms with Gasteiger partial charge in [-0.1, -0.05) is 12.8 Å². The summed E-state index contributed by atoms with van der Waals surface area (Å²) in [5.74, 6) is 1.49. The molecule has 5 nitrogen and oxygen atoms in total. The summed E-state index contributed by atoms with van der Waals surface area (Å²) in [5.41, 5.74) is 0. The Balaban J connectivity index is 2.36. The number of urea groups is 1. The Hall–Kier alpha value is -1.70. The van der Waals surface area contributed by atoms with E-state index in [0.717, 1.165) is 12.8 Å². The van der Waals surface area contributed by atoms with Crippen molar-refractivity contribution in [1.82, 2.24) is 10.2 Å². The third-order valence-corrected chi connectivity index (χ3v) is 2.73. The number of nitrogens with zero attached hydrogens (tertiary/aromatic N) is 1. The summed E-state index contributed by atoms with van der Waals surface area (Å²) in [6, 6.07) is -0.275. The van der Waals surface area contributed by atoms with E-state index >= 15 is 0 Å². The van der Waals surface area contributed by atoms with E-state index in [0.29, 0.717) is 12.5 Å². The molecule has 0 heterocycles. The van der Waals surface area contributed by atoms with Gasteiger partial charge < -0.3 is 15.3 Å². The molecule has 1 fully saturated rings. The number of hydrogen-bond acceptors (Lipinski definition) is 2. The average molecular weight is 238 g/mol. The highest BCUT2D eigenvalue weighted by Crippen LogP contribution is 2.29. The lowest BCUT2D eigenvalue weighted by molar-refractivity contribution is -0.140. The molecule has 1 aliphatic carbocycles. The van der Waals surface area contributed by atoms with Crippen molar-refractivity contribution in [2.45, 2.75) is 19.8 Å². The first-order valence-corrected chi connectivity index (χ1v) is 5.73. The molecule has 0 radical (unpaired) electrons. The van der Waals surface area contributed by atoms with Crippen LogP contribution in [-0.4, -0.2) is 41.6 Å². The molecular weight excluding hydrogens is 220 g/mol. The first-order valence-electron chi connectivity index (χ1n) is 5.73. The summed E-state index contributed by atoms with van der Waals surface area (Å²) in [6.07, 6.45) is 7.48. The van der Waals surface area contributed by atoms with Crippen LogP contribution >= 0.6 is 0 Å². The van der Waals surface area contributed by atoms with Crippen LogP contribution in [0.25, 0.3) is 0 Å². The van der Waals surface area contributed by atoms with E-state index in [4.69, 9.17) is 11.5 Å². The lowest BCUT2D eigenvalue weighted by Crippen LogP contribution is -2.43. The van der Waals surface area contributed by atoms with Gasteiger partial charge in [0.15, 0.2) is 0 Å². The summed E-state index contributed by atoms with van der Waals surface area (Å²) >= 11 is 0. The fourth-order valence-electron chi connectivity index (χ4n) is 1.38. The van der Waals surface area contributed by atoms with Crippen LogP contribution in [0.2, 0.25) is 0 Å². The molecular formula is C12H18N2O3. The van der Waals surface area contributed by atoms with Crippen molar-refractivity contribution in [3.8, 4) is 12.3 Å². The van der Waals surface area contributed by atoms with Crippen molar-refractivity contribution in [1.29, 1.82) is 0 Å². The first-order chi connectivity index (χ1) is 8.04. The number of rotatable bonds is 6. The predicted molar refractivity (Wildman–Crippen MR) is 63.3 cm³/mol. The van der Waals surface area contributed by atoms with E-state index < -0.39 is 11.9 Å². The quantitative estimate of drug-likeness (QED) is 0.671. The molecule has 0 aromatic rings. The summed E-state index contributed by atoms with van der Waals surface area (Å²) in [4.78, 5) is 23.9. The number of carboxylic acid groups (broad SMARTS) is 1. The van der Waals surface area contributed by atoms with Crippen LogP contribution in [0.15, 0.2) is 0 Å². The van der Waals surface area contributed by atoms with Crippen LogP contribution in [0.3, 0.4) is 0 Å². The molecule has 0 aromatic heterocycles. The van der Waals surface area contributed by atoms with Crippen LogP contribution in [0, 0.1) is 24.2 Å². The number of aliphatic carboxylic acids is 1. The molecule has 1 saturated carbocycles. The number of carboxylic acids is 1. The molecule has 2 N–H and O–H groups in total. The summed E-state index contributed by atoms with van der Waals surface area (Å²) in [5, 5.41) is 11.3. The highest BCUT2D eigenvalue weighted by Gasteiger charge is 2.26. The Labute approximate surface area is 101 Å². The molecule has 0 spiro atoms. The van der Waals surface area contributed by atoms with E-state index in [1.165, 1.54) is 0 Å². The highest BCUT2D eigenvalue weighted by atomic mass is 16.4. The largest absolute Gasteiger partial charge is 0.481 e. The second-order valence-electron chi connectivity index (χ2n) is 4.45. The van der Waals surface area contributed by atoms with Crippen LogP contribution in [0.4, 0.5) is 4.79 Å². The van der Waals surface area contributed by atoms with E-state index in [1.807, 2.05) is 0 Å². The summed E-state index contributed by atoms with van der Waals surface area (Å²) in [6.45, 7) is 2.61. The summed E-state index contributed by atoms with van der Waals surface area (Å²) < 4.78 is 0. The molecule has 1 rings (SSSR count). The lowest BCUT2D eigenvalue weighted by Gasteiger charge is -2.21. The van der Waals surface area contributed by atoms with Crippen LogP contribution < -0.4 is 5.32 Å². The standard InChI is InChI=1S/C12H18N2O3/c1-3-6-14(8-10-4-5-10)12(17)13-7-9(2)11(15)16/h1,9-10H,4-8H2,2H3,(H,13,17)(H,15,16). The number of hydrogen-bond donors (Lipinski definition) is 2. The van der Waals surface area contributed by atoms with Gasteiger partial charge in [-0.2, -0.15) is 0 Å². The molecule has 94 valence electrons. The molecule has 5 heteroatoms. The second-order valence-corrected chi connectivity index (χ2v) is 4.45.